The molecule has 0 saturated carbocycles. The Morgan fingerprint density at radius 3 is 2.77 bits per heavy atom. The van der Waals surface area contributed by atoms with Crippen LogP contribution < -0.4 is 0 Å². The van der Waals surface area contributed by atoms with Crippen LogP contribution in [0.5, 0.6) is 0 Å². The molecule has 0 saturated heterocycles. The topological polar surface area (TPSA) is 30.2 Å². The summed E-state index contributed by atoms with van der Waals surface area (Å²) in [5, 5.41) is 0.444. The van der Waals surface area contributed by atoms with Crippen LogP contribution >= 0.6 is 24.0 Å². The van der Waals surface area contributed by atoms with Gasteiger partial charge in [-0.3, -0.25) is 4.79 Å². The van der Waals surface area contributed by atoms with Gasteiger partial charge in [0.25, 0.3) is 5.24 Å². The van der Waals surface area contributed by atoms with Gasteiger partial charge in [-0.1, -0.05) is 0 Å². The lowest BCUT2D eigenvalue weighted by molar-refractivity contribution is 0.108. The van der Waals surface area contributed by atoms with Crippen molar-refractivity contribution in [3.8, 4) is 0 Å². The summed E-state index contributed by atoms with van der Waals surface area (Å²) in [6.45, 7) is 0. The van der Waals surface area contributed by atoms with Crippen LogP contribution in [-0.4, -0.2) is 5.24 Å². The van der Waals surface area contributed by atoms with E-state index < -0.39 is 5.24 Å². The zero-order valence-electron chi connectivity index (χ0n) is 6.49. The number of carbonyl (C=O) groups excluding carboxylic acids is 1. The average molecular weight is 217 g/mol. The zero-order chi connectivity index (χ0) is 8.55. The molecule has 0 atom stereocenters. The number of benzene rings is 1. The second-order valence-electron chi connectivity index (χ2n) is 2.45. The van der Waals surface area contributed by atoms with E-state index in [9.17, 15) is 4.79 Å². The molecule has 0 aliphatic heterocycles. The predicted octanol–water partition coefficient (Wildman–Crippen LogP) is 3.23. The number of halogens is 2. The molecule has 2 aromatic rings. The fraction of sp³-hybridized carbons (Fsp3) is 0. The number of furan rings is 1. The Labute approximate surface area is 85.9 Å². The van der Waals surface area contributed by atoms with Crippen molar-refractivity contribution in [1.29, 1.82) is 0 Å². The molecule has 0 fully saturated rings. The normalized spacial score (nSPS) is 9.62. The highest BCUT2D eigenvalue weighted by atomic mass is 35.5. The van der Waals surface area contributed by atoms with Crippen molar-refractivity contribution in [1.82, 2.24) is 0 Å². The van der Waals surface area contributed by atoms with Crippen molar-refractivity contribution in [2.24, 2.45) is 0 Å². The average Bonchev–Trinajstić information content (AvgIpc) is 2.49. The van der Waals surface area contributed by atoms with Gasteiger partial charge in [-0.05, 0) is 35.9 Å². The van der Waals surface area contributed by atoms with E-state index in [1.807, 2.05) is 0 Å². The summed E-state index contributed by atoms with van der Waals surface area (Å²) < 4.78 is 5.10. The van der Waals surface area contributed by atoms with Crippen molar-refractivity contribution in [3.63, 3.8) is 0 Å². The number of hydrogen-bond acceptors (Lipinski definition) is 2. The van der Waals surface area contributed by atoms with E-state index in [0.29, 0.717) is 5.56 Å². The molecule has 2 rings (SSSR count). The molecular weight excluding hydrogens is 211 g/mol. The molecule has 0 spiro atoms. The number of hydrogen-bond donors (Lipinski definition) is 0. The lowest BCUT2D eigenvalue weighted by atomic mass is 10.2. The van der Waals surface area contributed by atoms with Gasteiger partial charge in [-0.2, -0.15) is 0 Å². The van der Waals surface area contributed by atoms with Crippen LogP contribution in [0.4, 0.5) is 0 Å². The fourth-order valence-corrected chi connectivity index (χ4v) is 1.21. The van der Waals surface area contributed by atoms with Crippen LogP contribution in [0.15, 0.2) is 34.9 Å². The summed E-state index contributed by atoms with van der Waals surface area (Å²) >= 11 is 5.30. The molecule has 0 radical (unpaired) electrons. The number of fused-ring (bicyclic) bond motifs is 1. The third-order valence-corrected chi connectivity index (χ3v) is 1.90. The highest BCUT2D eigenvalue weighted by Gasteiger charge is 2.03. The van der Waals surface area contributed by atoms with Gasteiger partial charge < -0.3 is 4.42 Å². The predicted molar refractivity (Wildman–Crippen MR) is 53.6 cm³/mol. The van der Waals surface area contributed by atoms with Gasteiger partial charge in [0.1, 0.15) is 5.58 Å². The van der Waals surface area contributed by atoms with E-state index in [0.717, 1.165) is 11.0 Å². The second-order valence-corrected chi connectivity index (χ2v) is 2.79. The van der Waals surface area contributed by atoms with Gasteiger partial charge in [-0.25, -0.2) is 0 Å². The van der Waals surface area contributed by atoms with Gasteiger partial charge in [0, 0.05) is 10.9 Å². The third kappa shape index (κ3) is 1.85. The van der Waals surface area contributed by atoms with Gasteiger partial charge in [0.15, 0.2) is 0 Å². The first-order chi connectivity index (χ1) is 5.77. The summed E-state index contributed by atoms with van der Waals surface area (Å²) in [5.74, 6) is 0. The van der Waals surface area contributed by atoms with Crippen molar-refractivity contribution < 1.29 is 9.21 Å². The quantitative estimate of drug-likeness (QED) is 0.686. The lowest BCUT2D eigenvalue weighted by Gasteiger charge is -1.91. The Morgan fingerprint density at radius 2 is 2.08 bits per heavy atom. The van der Waals surface area contributed by atoms with Gasteiger partial charge >= 0.3 is 0 Å². The van der Waals surface area contributed by atoms with Crippen molar-refractivity contribution >= 4 is 40.2 Å². The molecule has 1 aromatic carbocycles. The molecule has 0 unspecified atom stereocenters. The Hall–Kier alpha value is -0.990. The van der Waals surface area contributed by atoms with E-state index in [-0.39, 0.29) is 12.4 Å². The monoisotopic (exact) mass is 216 g/mol. The van der Waals surface area contributed by atoms with Crippen LogP contribution in [0.3, 0.4) is 0 Å². The van der Waals surface area contributed by atoms with E-state index in [1.165, 1.54) is 0 Å². The molecule has 4 heteroatoms. The first-order valence-electron chi connectivity index (χ1n) is 3.44. The second kappa shape index (κ2) is 3.81. The lowest BCUT2D eigenvalue weighted by Crippen LogP contribution is -1.86. The molecule has 0 amide bonds. The van der Waals surface area contributed by atoms with E-state index >= 15 is 0 Å². The minimum absolute atomic E-state index is 0. The fourth-order valence-electron chi connectivity index (χ4n) is 1.09. The Morgan fingerprint density at radius 1 is 1.31 bits per heavy atom. The largest absolute Gasteiger partial charge is 0.464 e. The minimum atomic E-state index is -0.446. The summed E-state index contributed by atoms with van der Waals surface area (Å²) in [7, 11) is 0. The number of carbonyl (C=O) groups is 1. The molecule has 0 bridgehead atoms. The molecule has 2 nitrogen and oxygen atoms in total. The standard InChI is InChI=1S/C9H5ClO2.ClH/c10-9(11)7-1-2-8-6(5-7)3-4-12-8;/h1-5H;1H. The highest BCUT2D eigenvalue weighted by molar-refractivity contribution is 6.67. The molecule has 0 aliphatic carbocycles. The SMILES string of the molecule is Cl.O=C(Cl)c1ccc2occc2c1. The highest BCUT2D eigenvalue weighted by Crippen LogP contribution is 2.17. The van der Waals surface area contributed by atoms with Crippen LogP contribution in [0.1, 0.15) is 10.4 Å². The summed E-state index contributed by atoms with van der Waals surface area (Å²) in [4.78, 5) is 10.7. The van der Waals surface area contributed by atoms with E-state index in [4.69, 9.17) is 16.0 Å². The van der Waals surface area contributed by atoms with Crippen molar-refractivity contribution in [3.05, 3.63) is 36.1 Å². The Balaban J connectivity index is 0.000000845. The molecule has 0 aliphatic rings. The van der Waals surface area contributed by atoms with Gasteiger partial charge in [0.2, 0.25) is 0 Å². The maximum absolute atomic E-state index is 10.7. The van der Waals surface area contributed by atoms with Gasteiger partial charge in [-0.15, -0.1) is 12.4 Å². The zero-order valence-corrected chi connectivity index (χ0v) is 8.06. The maximum atomic E-state index is 10.7. The van der Waals surface area contributed by atoms with Crippen LogP contribution in [0.2, 0.25) is 0 Å². The molecule has 1 aromatic heterocycles. The maximum Gasteiger partial charge on any atom is 0.252 e. The first kappa shape index (κ1) is 10.1. The summed E-state index contributed by atoms with van der Waals surface area (Å²) in [6.07, 6.45) is 1.58. The number of rotatable bonds is 1. The first-order valence-corrected chi connectivity index (χ1v) is 3.82. The van der Waals surface area contributed by atoms with Crippen LogP contribution in [0, 0.1) is 0 Å². The summed E-state index contributed by atoms with van der Waals surface area (Å²) in [5.41, 5.74) is 1.25. The minimum Gasteiger partial charge on any atom is -0.464 e. The van der Waals surface area contributed by atoms with E-state index in [2.05, 4.69) is 0 Å². The van der Waals surface area contributed by atoms with Crippen LogP contribution in [0.25, 0.3) is 11.0 Å². The summed E-state index contributed by atoms with van der Waals surface area (Å²) in [6, 6.07) is 6.86. The Kier molecular flexibility index (Phi) is 2.96. The smallest absolute Gasteiger partial charge is 0.252 e. The molecule has 1 heterocycles. The van der Waals surface area contributed by atoms with Gasteiger partial charge in [0.05, 0.1) is 6.26 Å². The third-order valence-electron chi connectivity index (χ3n) is 1.68. The molecule has 0 N–H and O–H groups in total. The Bertz CT molecular complexity index is 434. The molecule has 68 valence electrons. The van der Waals surface area contributed by atoms with Crippen molar-refractivity contribution in [2.75, 3.05) is 0 Å². The van der Waals surface area contributed by atoms with Crippen LogP contribution in [-0.2, 0) is 0 Å². The van der Waals surface area contributed by atoms with E-state index in [1.54, 1.807) is 30.5 Å². The molecular formula is C9H6Cl2O2. The molecule has 13 heavy (non-hydrogen) atoms. The van der Waals surface area contributed by atoms with Crippen molar-refractivity contribution in [2.45, 2.75) is 0 Å².